The number of nitrogens with one attached hydrogen (secondary N) is 1. The van der Waals surface area contributed by atoms with Crippen LogP contribution in [0.3, 0.4) is 0 Å². The maximum absolute atomic E-state index is 14.4. The van der Waals surface area contributed by atoms with Gasteiger partial charge in [0.25, 0.3) is 0 Å². The maximum Gasteiger partial charge on any atom is 0.248 e. The van der Waals surface area contributed by atoms with Gasteiger partial charge in [-0.3, -0.25) is 4.79 Å². The molecule has 2 heterocycles. The standard InChI is InChI=1S/C15H18FN3O2/c1-18-2-4-19(5-3-18)14-8-13-11(7-12(14)16)10(9-20)6-15(21)17-13/h6-8,20H,2-5,9H2,1H3,(H,17,21). The first kappa shape index (κ1) is 14.0. The molecule has 2 aromatic rings. The zero-order valence-corrected chi connectivity index (χ0v) is 11.9. The first-order valence-corrected chi connectivity index (χ1v) is 6.98. The number of aromatic amines is 1. The Hall–Kier alpha value is -1.92. The van der Waals surface area contributed by atoms with E-state index in [0.29, 0.717) is 22.2 Å². The molecule has 0 unspecified atom stereocenters. The highest BCUT2D eigenvalue weighted by molar-refractivity contribution is 5.85. The molecule has 1 aliphatic rings. The first-order chi connectivity index (χ1) is 10.1. The summed E-state index contributed by atoms with van der Waals surface area (Å²) in [6.45, 7) is 2.98. The predicted molar refractivity (Wildman–Crippen MR) is 80.2 cm³/mol. The molecule has 6 heteroatoms. The van der Waals surface area contributed by atoms with Crippen molar-refractivity contribution in [1.82, 2.24) is 9.88 Å². The quantitative estimate of drug-likeness (QED) is 0.863. The molecule has 1 aromatic carbocycles. The Morgan fingerprint density at radius 1 is 1.24 bits per heavy atom. The van der Waals surface area contributed by atoms with Crippen molar-refractivity contribution in [2.45, 2.75) is 6.61 Å². The van der Waals surface area contributed by atoms with Crippen LogP contribution in [-0.2, 0) is 6.61 Å². The molecule has 0 saturated carbocycles. The number of aromatic nitrogens is 1. The SMILES string of the molecule is CN1CCN(c2cc3[nH]c(=O)cc(CO)c3cc2F)CC1. The van der Waals surface area contributed by atoms with Crippen molar-refractivity contribution in [3.8, 4) is 0 Å². The molecule has 0 atom stereocenters. The fraction of sp³-hybridized carbons (Fsp3) is 0.400. The lowest BCUT2D eigenvalue weighted by molar-refractivity contribution is 0.283. The Kier molecular flexibility index (Phi) is 3.65. The number of anilines is 1. The number of aliphatic hydroxyl groups excluding tert-OH is 1. The van der Waals surface area contributed by atoms with Crippen LogP contribution in [0.1, 0.15) is 5.56 Å². The number of aliphatic hydroxyl groups is 1. The van der Waals surface area contributed by atoms with Crippen LogP contribution < -0.4 is 10.5 Å². The van der Waals surface area contributed by atoms with Gasteiger partial charge in [-0.15, -0.1) is 0 Å². The second-order valence-electron chi connectivity index (χ2n) is 5.46. The van der Waals surface area contributed by atoms with Crippen LogP contribution in [0.2, 0.25) is 0 Å². The summed E-state index contributed by atoms with van der Waals surface area (Å²) in [5, 5.41) is 9.86. The van der Waals surface area contributed by atoms with Gasteiger partial charge >= 0.3 is 0 Å². The van der Waals surface area contributed by atoms with Crippen molar-refractivity contribution in [1.29, 1.82) is 0 Å². The normalized spacial score (nSPS) is 16.6. The molecule has 1 aromatic heterocycles. The van der Waals surface area contributed by atoms with E-state index in [9.17, 15) is 14.3 Å². The summed E-state index contributed by atoms with van der Waals surface area (Å²) < 4.78 is 14.4. The van der Waals surface area contributed by atoms with E-state index in [1.165, 1.54) is 12.1 Å². The van der Waals surface area contributed by atoms with Crippen LogP contribution >= 0.6 is 0 Å². The summed E-state index contributed by atoms with van der Waals surface area (Å²) in [6.07, 6.45) is 0. The smallest absolute Gasteiger partial charge is 0.248 e. The van der Waals surface area contributed by atoms with E-state index in [-0.39, 0.29) is 18.0 Å². The lowest BCUT2D eigenvalue weighted by Gasteiger charge is -2.34. The minimum atomic E-state index is -0.325. The molecule has 21 heavy (non-hydrogen) atoms. The third-order valence-electron chi connectivity index (χ3n) is 4.01. The molecule has 1 saturated heterocycles. The summed E-state index contributed by atoms with van der Waals surface area (Å²) in [4.78, 5) is 18.5. The molecule has 0 aliphatic carbocycles. The van der Waals surface area contributed by atoms with Gasteiger partial charge in [-0.1, -0.05) is 0 Å². The molecule has 1 fully saturated rings. The van der Waals surface area contributed by atoms with Crippen molar-refractivity contribution < 1.29 is 9.50 Å². The molecule has 0 spiro atoms. The summed E-state index contributed by atoms with van der Waals surface area (Å²) in [5.41, 5.74) is 1.21. The number of fused-ring (bicyclic) bond motifs is 1. The minimum absolute atomic E-state index is 0.284. The van der Waals surface area contributed by atoms with E-state index < -0.39 is 0 Å². The third kappa shape index (κ3) is 2.64. The summed E-state index contributed by atoms with van der Waals surface area (Å²) in [5.74, 6) is -0.325. The number of piperazine rings is 1. The van der Waals surface area contributed by atoms with E-state index in [1.54, 1.807) is 6.07 Å². The van der Waals surface area contributed by atoms with Crippen LogP contribution in [0.5, 0.6) is 0 Å². The van der Waals surface area contributed by atoms with Crippen molar-refractivity contribution in [3.63, 3.8) is 0 Å². The molecular formula is C15H18FN3O2. The largest absolute Gasteiger partial charge is 0.392 e. The number of likely N-dealkylation sites (N-methyl/N-ethyl adjacent to an activating group) is 1. The fourth-order valence-electron chi connectivity index (χ4n) is 2.76. The average molecular weight is 291 g/mol. The van der Waals surface area contributed by atoms with E-state index in [4.69, 9.17) is 0 Å². The Balaban J connectivity index is 2.08. The first-order valence-electron chi connectivity index (χ1n) is 6.98. The summed E-state index contributed by atoms with van der Waals surface area (Å²) in [6, 6.07) is 4.36. The van der Waals surface area contributed by atoms with Crippen molar-refractivity contribution >= 4 is 16.6 Å². The molecule has 3 rings (SSSR count). The number of H-pyrrole nitrogens is 1. The van der Waals surface area contributed by atoms with Gasteiger partial charge in [-0.2, -0.15) is 0 Å². The van der Waals surface area contributed by atoms with Gasteiger partial charge in [0, 0.05) is 37.6 Å². The Morgan fingerprint density at radius 3 is 2.62 bits per heavy atom. The number of nitrogens with zero attached hydrogens (tertiary/aromatic N) is 2. The van der Waals surface area contributed by atoms with Crippen LogP contribution in [0.4, 0.5) is 10.1 Å². The number of benzene rings is 1. The molecule has 0 radical (unpaired) electrons. The lowest BCUT2D eigenvalue weighted by atomic mass is 10.1. The maximum atomic E-state index is 14.4. The Morgan fingerprint density at radius 2 is 1.95 bits per heavy atom. The Labute approximate surface area is 121 Å². The van der Waals surface area contributed by atoms with Crippen molar-refractivity contribution in [3.05, 3.63) is 39.9 Å². The average Bonchev–Trinajstić information content (AvgIpc) is 2.47. The minimum Gasteiger partial charge on any atom is -0.392 e. The molecular weight excluding hydrogens is 273 g/mol. The van der Waals surface area contributed by atoms with Gasteiger partial charge in [0.15, 0.2) is 0 Å². The molecule has 0 bridgehead atoms. The van der Waals surface area contributed by atoms with Crippen LogP contribution in [0.25, 0.3) is 10.9 Å². The highest BCUT2D eigenvalue weighted by Gasteiger charge is 2.18. The zero-order valence-electron chi connectivity index (χ0n) is 11.9. The number of halogens is 1. The van der Waals surface area contributed by atoms with E-state index in [2.05, 4.69) is 9.88 Å². The second kappa shape index (κ2) is 5.46. The number of pyridine rings is 1. The van der Waals surface area contributed by atoms with Crippen molar-refractivity contribution in [2.24, 2.45) is 0 Å². The molecule has 2 N–H and O–H groups in total. The predicted octanol–water partition coefficient (Wildman–Crippen LogP) is 0.911. The molecule has 112 valence electrons. The van der Waals surface area contributed by atoms with E-state index >= 15 is 0 Å². The van der Waals surface area contributed by atoms with E-state index in [0.717, 1.165) is 26.2 Å². The van der Waals surface area contributed by atoms with Crippen LogP contribution in [0, 0.1) is 5.82 Å². The van der Waals surface area contributed by atoms with E-state index in [1.807, 2.05) is 11.9 Å². The fourth-order valence-corrected chi connectivity index (χ4v) is 2.76. The highest BCUT2D eigenvalue weighted by Crippen LogP contribution is 2.27. The van der Waals surface area contributed by atoms with Gasteiger partial charge in [0.2, 0.25) is 5.56 Å². The molecule has 5 nitrogen and oxygen atoms in total. The van der Waals surface area contributed by atoms with Gasteiger partial charge < -0.3 is 19.9 Å². The van der Waals surface area contributed by atoms with Crippen molar-refractivity contribution in [2.75, 3.05) is 38.1 Å². The van der Waals surface area contributed by atoms with Crippen LogP contribution in [0.15, 0.2) is 23.0 Å². The topological polar surface area (TPSA) is 59.6 Å². The van der Waals surface area contributed by atoms with Gasteiger partial charge in [0.1, 0.15) is 5.82 Å². The number of hydrogen-bond donors (Lipinski definition) is 2. The van der Waals surface area contributed by atoms with Crippen LogP contribution in [-0.4, -0.2) is 48.2 Å². The highest BCUT2D eigenvalue weighted by atomic mass is 19.1. The monoisotopic (exact) mass is 291 g/mol. The third-order valence-corrected chi connectivity index (χ3v) is 4.01. The Bertz CT molecular complexity index is 721. The molecule has 1 aliphatic heterocycles. The summed E-state index contributed by atoms with van der Waals surface area (Å²) >= 11 is 0. The zero-order chi connectivity index (χ0) is 15.0. The number of hydrogen-bond acceptors (Lipinski definition) is 4. The number of rotatable bonds is 2. The lowest BCUT2D eigenvalue weighted by Crippen LogP contribution is -2.44. The van der Waals surface area contributed by atoms with Gasteiger partial charge in [-0.25, -0.2) is 4.39 Å². The second-order valence-corrected chi connectivity index (χ2v) is 5.46. The molecule has 0 amide bonds. The van der Waals surface area contributed by atoms with Gasteiger partial charge in [0.05, 0.1) is 17.8 Å². The summed E-state index contributed by atoms with van der Waals surface area (Å²) in [7, 11) is 2.04. The van der Waals surface area contributed by atoms with Gasteiger partial charge in [-0.05, 0) is 24.7 Å².